The molecule has 0 aromatic rings. The van der Waals surface area contributed by atoms with Crippen molar-refractivity contribution in [3.05, 3.63) is 0 Å². The van der Waals surface area contributed by atoms with Gasteiger partial charge in [-0.25, -0.2) is 0 Å². The van der Waals surface area contributed by atoms with Crippen molar-refractivity contribution < 1.29 is 19.0 Å². The van der Waals surface area contributed by atoms with Gasteiger partial charge < -0.3 is 14.2 Å². The van der Waals surface area contributed by atoms with Crippen molar-refractivity contribution in [3.63, 3.8) is 0 Å². The molecule has 0 aromatic heterocycles. The third-order valence-corrected chi connectivity index (χ3v) is 2.83. The van der Waals surface area contributed by atoms with Gasteiger partial charge in [0.1, 0.15) is 6.10 Å². The number of hydrogen-bond donors (Lipinski definition) is 0. The van der Waals surface area contributed by atoms with Crippen LogP contribution in [0.2, 0.25) is 0 Å². The molecule has 80 valence electrons. The average molecular weight is 200 g/mol. The Labute approximate surface area is 83.5 Å². The van der Waals surface area contributed by atoms with E-state index in [1.807, 2.05) is 0 Å². The zero-order valence-electron chi connectivity index (χ0n) is 8.40. The third kappa shape index (κ3) is 1.97. The molecule has 0 N–H and O–H groups in total. The molecule has 14 heavy (non-hydrogen) atoms. The van der Waals surface area contributed by atoms with Crippen molar-refractivity contribution in [1.29, 1.82) is 0 Å². The Morgan fingerprint density at radius 1 is 1.57 bits per heavy atom. The molecule has 0 radical (unpaired) electrons. The fourth-order valence-electron chi connectivity index (χ4n) is 1.90. The second kappa shape index (κ2) is 4.38. The number of ketones is 1. The Morgan fingerprint density at radius 3 is 3.00 bits per heavy atom. The van der Waals surface area contributed by atoms with E-state index < -0.39 is 0 Å². The minimum Gasteiger partial charge on any atom is -0.376 e. The zero-order chi connectivity index (χ0) is 9.97. The Bertz CT molecular complexity index is 210. The molecule has 2 rings (SSSR count). The molecule has 0 aromatic carbocycles. The highest BCUT2D eigenvalue weighted by Crippen LogP contribution is 2.23. The van der Waals surface area contributed by atoms with Gasteiger partial charge in [0.25, 0.3) is 0 Å². The van der Waals surface area contributed by atoms with Gasteiger partial charge in [0.15, 0.2) is 5.78 Å². The molecule has 3 unspecified atom stereocenters. The zero-order valence-corrected chi connectivity index (χ0v) is 8.40. The fraction of sp³-hybridized carbons (Fsp3) is 0.900. The summed E-state index contributed by atoms with van der Waals surface area (Å²) in [6.07, 6.45) is 2.52. The first-order chi connectivity index (χ1) is 6.81. The minimum atomic E-state index is -0.337. The lowest BCUT2D eigenvalue weighted by Crippen LogP contribution is -2.50. The smallest absolute Gasteiger partial charge is 0.166 e. The molecule has 1 saturated carbocycles. The second-order valence-electron chi connectivity index (χ2n) is 3.83. The van der Waals surface area contributed by atoms with Gasteiger partial charge >= 0.3 is 0 Å². The molecule has 2 aliphatic rings. The lowest BCUT2D eigenvalue weighted by molar-refractivity contribution is -0.165. The Morgan fingerprint density at radius 2 is 2.43 bits per heavy atom. The maximum atomic E-state index is 11.0. The normalized spacial score (nSPS) is 37.2. The number of hydrogen-bond acceptors (Lipinski definition) is 4. The van der Waals surface area contributed by atoms with E-state index in [4.69, 9.17) is 14.2 Å². The number of carbonyl (C=O) groups is 1. The van der Waals surface area contributed by atoms with Crippen LogP contribution in [0.1, 0.15) is 19.3 Å². The molecule has 4 nitrogen and oxygen atoms in total. The largest absolute Gasteiger partial charge is 0.376 e. The van der Waals surface area contributed by atoms with Gasteiger partial charge in [-0.15, -0.1) is 0 Å². The van der Waals surface area contributed by atoms with E-state index in [9.17, 15) is 4.79 Å². The van der Waals surface area contributed by atoms with Gasteiger partial charge in [0.2, 0.25) is 0 Å². The van der Waals surface area contributed by atoms with E-state index in [-0.39, 0.29) is 24.1 Å². The predicted molar refractivity (Wildman–Crippen MR) is 49.1 cm³/mol. The average Bonchev–Trinajstić information content (AvgIpc) is 2.65. The third-order valence-electron chi connectivity index (χ3n) is 2.83. The monoisotopic (exact) mass is 200 g/mol. The maximum absolute atomic E-state index is 11.0. The van der Waals surface area contributed by atoms with Gasteiger partial charge in [0, 0.05) is 20.1 Å². The standard InChI is InChI=1S/C10H16O4/c1-12-10-8(11)5-9(10)14-6-7-3-2-4-13-7/h7,9-10H,2-6H2,1H3. The highest BCUT2D eigenvalue weighted by atomic mass is 16.6. The molecule has 0 amide bonds. The maximum Gasteiger partial charge on any atom is 0.166 e. The Balaban J connectivity index is 1.68. The molecular formula is C10H16O4. The van der Waals surface area contributed by atoms with Crippen molar-refractivity contribution in [2.45, 2.75) is 37.6 Å². The Kier molecular flexibility index (Phi) is 3.15. The van der Waals surface area contributed by atoms with E-state index in [0.717, 1.165) is 19.4 Å². The molecule has 2 fully saturated rings. The number of methoxy groups -OCH3 is 1. The molecule has 0 spiro atoms. The lowest BCUT2D eigenvalue weighted by atomic mass is 9.90. The first kappa shape index (κ1) is 10.1. The highest BCUT2D eigenvalue weighted by Gasteiger charge is 2.41. The number of rotatable bonds is 4. The molecule has 1 heterocycles. The SMILES string of the molecule is COC1C(=O)CC1OCC1CCCO1. The summed E-state index contributed by atoms with van der Waals surface area (Å²) in [5.41, 5.74) is 0. The van der Waals surface area contributed by atoms with Gasteiger partial charge in [-0.2, -0.15) is 0 Å². The molecule has 1 aliphatic heterocycles. The Hall–Kier alpha value is -0.450. The van der Waals surface area contributed by atoms with Crippen LogP contribution in [0.5, 0.6) is 0 Å². The molecular weight excluding hydrogens is 184 g/mol. The first-order valence-corrected chi connectivity index (χ1v) is 5.10. The molecule has 4 heteroatoms. The summed E-state index contributed by atoms with van der Waals surface area (Å²) >= 11 is 0. The van der Waals surface area contributed by atoms with Crippen molar-refractivity contribution >= 4 is 5.78 Å². The van der Waals surface area contributed by atoms with Crippen LogP contribution in [-0.2, 0) is 19.0 Å². The van der Waals surface area contributed by atoms with Crippen LogP contribution in [0.15, 0.2) is 0 Å². The van der Waals surface area contributed by atoms with E-state index >= 15 is 0 Å². The number of ether oxygens (including phenoxy) is 3. The minimum absolute atomic E-state index is 0.0447. The summed E-state index contributed by atoms with van der Waals surface area (Å²) in [4.78, 5) is 11.0. The van der Waals surface area contributed by atoms with Gasteiger partial charge in [-0.05, 0) is 12.8 Å². The molecule has 0 bridgehead atoms. The summed E-state index contributed by atoms with van der Waals surface area (Å²) < 4.78 is 16.0. The second-order valence-corrected chi connectivity index (χ2v) is 3.83. The van der Waals surface area contributed by atoms with Crippen LogP contribution < -0.4 is 0 Å². The van der Waals surface area contributed by atoms with E-state index in [0.29, 0.717) is 13.0 Å². The topological polar surface area (TPSA) is 44.8 Å². The summed E-state index contributed by atoms with van der Waals surface area (Å²) in [7, 11) is 1.55. The van der Waals surface area contributed by atoms with Gasteiger partial charge in [-0.3, -0.25) is 4.79 Å². The van der Waals surface area contributed by atoms with Crippen LogP contribution in [-0.4, -0.2) is 44.4 Å². The predicted octanol–water partition coefficient (Wildman–Crippen LogP) is 0.538. The van der Waals surface area contributed by atoms with Crippen molar-refractivity contribution in [1.82, 2.24) is 0 Å². The van der Waals surface area contributed by atoms with Gasteiger partial charge in [-0.1, -0.05) is 0 Å². The van der Waals surface area contributed by atoms with E-state index in [1.165, 1.54) is 0 Å². The highest BCUT2D eigenvalue weighted by molar-refractivity contribution is 5.90. The van der Waals surface area contributed by atoms with Crippen molar-refractivity contribution in [2.75, 3.05) is 20.3 Å². The van der Waals surface area contributed by atoms with Crippen LogP contribution in [0.25, 0.3) is 0 Å². The van der Waals surface area contributed by atoms with Crippen LogP contribution >= 0.6 is 0 Å². The quantitative estimate of drug-likeness (QED) is 0.664. The first-order valence-electron chi connectivity index (χ1n) is 5.10. The molecule has 1 saturated heterocycles. The van der Waals surface area contributed by atoms with Gasteiger partial charge in [0.05, 0.1) is 18.8 Å². The molecule has 3 atom stereocenters. The summed E-state index contributed by atoms with van der Waals surface area (Å²) in [5.74, 6) is 0.143. The fourth-order valence-corrected chi connectivity index (χ4v) is 1.90. The lowest BCUT2D eigenvalue weighted by Gasteiger charge is -2.33. The van der Waals surface area contributed by atoms with Crippen LogP contribution in [0.3, 0.4) is 0 Å². The summed E-state index contributed by atoms with van der Waals surface area (Å²) in [6, 6.07) is 0. The summed E-state index contributed by atoms with van der Waals surface area (Å²) in [5, 5.41) is 0. The molecule has 1 aliphatic carbocycles. The van der Waals surface area contributed by atoms with Crippen molar-refractivity contribution in [2.24, 2.45) is 0 Å². The van der Waals surface area contributed by atoms with Crippen molar-refractivity contribution in [3.8, 4) is 0 Å². The van der Waals surface area contributed by atoms with E-state index in [2.05, 4.69) is 0 Å². The summed E-state index contributed by atoms with van der Waals surface area (Å²) in [6.45, 7) is 1.43. The van der Waals surface area contributed by atoms with Crippen LogP contribution in [0, 0.1) is 0 Å². The number of Topliss-reactive ketones (excluding diaryl/α,β-unsaturated/α-hetero) is 1. The van der Waals surface area contributed by atoms with Crippen LogP contribution in [0.4, 0.5) is 0 Å². The van der Waals surface area contributed by atoms with E-state index in [1.54, 1.807) is 7.11 Å². The number of carbonyl (C=O) groups excluding carboxylic acids is 1.